The molecule has 1 aliphatic carbocycles. The second-order valence-electron chi connectivity index (χ2n) is 6.64. The van der Waals surface area contributed by atoms with Crippen LogP contribution >= 0.6 is 0 Å². The first kappa shape index (κ1) is 21.2. The highest BCUT2D eigenvalue weighted by molar-refractivity contribution is 7.89. The third kappa shape index (κ3) is 4.74. The number of anilines is 1. The molecule has 3 N–H and O–H groups in total. The van der Waals surface area contributed by atoms with E-state index in [9.17, 15) is 35.9 Å². The van der Waals surface area contributed by atoms with Gasteiger partial charge in [0.25, 0.3) is 5.91 Å². The summed E-state index contributed by atoms with van der Waals surface area (Å²) >= 11 is 0. The molecule has 156 valence electrons. The maximum atomic E-state index is 14.1. The zero-order chi connectivity index (χ0) is 21.3. The Morgan fingerprint density at radius 1 is 1.00 bits per heavy atom. The van der Waals surface area contributed by atoms with Gasteiger partial charge in [-0.25, -0.2) is 30.7 Å². The van der Waals surface area contributed by atoms with Crippen LogP contribution in [0.2, 0.25) is 0 Å². The Hall–Kier alpha value is -2.50. The zero-order valence-corrected chi connectivity index (χ0v) is 15.6. The van der Waals surface area contributed by atoms with Gasteiger partial charge in [-0.15, -0.1) is 0 Å². The van der Waals surface area contributed by atoms with Gasteiger partial charge < -0.3 is 10.4 Å². The molecule has 1 amide bonds. The van der Waals surface area contributed by atoms with E-state index in [-0.39, 0.29) is 12.0 Å². The molecular weight excluding hydrogens is 416 g/mol. The van der Waals surface area contributed by atoms with Crippen LogP contribution in [0, 0.1) is 23.3 Å². The number of carbonyl (C=O) groups excluding carboxylic acids is 1. The van der Waals surface area contributed by atoms with Crippen LogP contribution in [-0.2, 0) is 10.0 Å². The molecule has 0 radical (unpaired) electrons. The molecule has 2 aromatic carbocycles. The van der Waals surface area contributed by atoms with Gasteiger partial charge in [0, 0.05) is 29.4 Å². The van der Waals surface area contributed by atoms with Crippen molar-refractivity contribution in [2.24, 2.45) is 0 Å². The van der Waals surface area contributed by atoms with Gasteiger partial charge in [0.15, 0.2) is 17.5 Å². The van der Waals surface area contributed by atoms with E-state index in [1.54, 1.807) is 0 Å². The highest BCUT2D eigenvalue weighted by Crippen LogP contribution is 2.24. The molecule has 29 heavy (non-hydrogen) atoms. The number of aliphatic hydroxyl groups excluding tert-OH is 1. The van der Waals surface area contributed by atoms with E-state index in [2.05, 4.69) is 10.0 Å². The summed E-state index contributed by atoms with van der Waals surface area (Å²) in [5.41, 5.74) is -0.707. The summed E-state index contributed by atoms with van der Waals surface area (Å²) in [7, 11) is -4.33. The van der Waals surface area contributed by atoms with Gasteiger partial charge in [0.05, 0.1) is 6.10 Å². The highest BCUT2D eigenvalue weighted by atomic mass is 32.2. The van der Waals surface area contributed by atoms with Crippen LogP contribution in [0.25, 0.3) is 0 Å². The van der Waals surface area contributed by atoms with Gasteiger partial charge in [-0.3, -0.25) is 4.79 Å². The van der Waals surface area contributed by atoms with E-state index in [0.717, 1.165) is 18.2 Å². The van der Waals surface area contributed by atoms with Crippen LogP contribution < -0.4 is 10.0 Å². The molecule has 1 saturated carbocycles. The predicted molar refractivity (Wildman–Crippen MR) is 94.6 cm³/mol. The molecule has 0 aromatic heterocycles. The molecule has 0 saturated heterocycles. The van der Waals surface area contributed by atoms with Gasteiger partial charge in [-0.1, -0.05) is 0 Å². The Kier molecular flexibility index (Phi) is 5.92. The lowest BCUT2D eigenvalue weighted by Crippen LogP contribution is -2.34. The lowest BCUT2D eigenvalue weighted by atomic mass is 10.2. The molecule has 11 heteroatoms. The molecule has 3 rings (SSSR count). The standard InChI is InChI=1S/C18H16F4N2O4S/c19-13-4-1-9(18(26)23-11-7-14(20)17(22)15(21)8-11)5-16(13)29(27,28)24-10-2-3-12(25)6-10/h1,4-5,7-8,10,12,24-25H,2-3,6H2,(H,23,26). The second kappa shape index (κ2) is 8.09. The molecule has 1 fully saturated rings. The fourth-order valence-electron chi connectivity index (χ4n) is 3.03. The normalized spacial score (nSPS) is 19.3. The van der Waals surface area contributed by atoms with Crippen LogP contribution in [0.5, 0.6) is 0 Å². The number of aliphatic hydroxyl groups is 1. The first-order valence-electron chi connectivity index (χ1n) is 8.52. The van der Waals surface area contributed by atoms with Crippen molar-refractivity contribution in [3.8, 4) is 0 Å². The van der Waals surface area contributed by atoms with Crippen molar-refractivity contribution in [1.82, 2.24) is 4.72 Å². The lowest BCUT2D eigenvalue weighted by Gasteiger charge is -2.14. The molecule has 2 aromatic rings. The molecule has 0 heterocycles. The minimum Gasteiger partial charge on any atom is -0.393 e. The molecule has 1 aliphatic rings. The molecule has 2 atom stereocenters. The highest BCUT2D eigenvalue weighted by Gasteiger charge is 2.29. The minimum atomic E-state index is -4.33. The number of hydrogen-bond donors (Lipinski definition) is 3. The van der Waals surface area contributed by atoms with E-state index >= 15 is 0 Å². The zero-order valence-electron chi connectivity index (χ0n) is 14.8. The average molecular weight is 432 g/mol. The van der Waals surface area contributed by atoms with Crippen LogP contribution in [0.15, 0.2) is 35.2 Å². The number of halogens is 4. The van der Waals surface area contributed by atoms with Crippen LogP contribution in [-0.4, -0.2) is 31.6 Å². The van der Waals surface area contributed by atoms with Crippen molar-refractivity contribution in [3.05, 3.63) is 59.2 Å². The Labute approximate surface area is 163 Å². The van der Waals surface area contributed by atoms with Crippen LogP contribution in [0.3, 0.4) is 0 Å². The molecular formula is C18H16F4N2O4S. The Bertz CT molecular complexity index is 1040. The number of hydrogen-bond acceptors (Lipinski definition) is 4. The summed E-state index contributed by atoms with van der Waals surface area (Å²) in [6.07, 6.45) is 0.316. The van der Waals surface area contributed by atoms with E-state index < -0.39 is 61.9 Å². The fourth-order valence-corrected chi connectivity index (χ4v) is 4.42. The summed E-state index contributed by atoms with van der Waals surface area (Å²) in [6, 6.07) is 3.04. The van der Waals surface area contributed by atoms with Crippen LogP contribution in [0.4, 0.5) is 23.2 Å². The predicted octanol–water partition coefficient (Wildman–Crippen LogP) is 2.69. The van der Waals surface area contributed by atoms with Crippen molar-refractivity contribution in [2.45, 2.75) is 36.3 Å². The molecule has 0 bridgehead atoms. The van der Waals surface area contributed by atoms with E-state index in [4.69, 9.17) is 0 Å². The fraction of sp³-hybridized carbons (Fsp3) is 0.278. The monoisotopic (exact) mass is 432 g/mol. The number of nitrogens with one attached hydrogen (secondary N) is 2. The number of rotatable bonds is 5. The second-order valence-corrected chi connectivity index (χ2v) is 8.32. The van der Waals surface area contributed by atoms with Gasteiger partial charge >= 0.3 is 0 Å². The van der Waals surface area contributed by atoms with Crippen molar-refractivity contribution in [3.63, 3.8) is 0 Å². The minimum absolute atomic E-state index is 0.183. The third-order valence-corrected chi connectivity index (χ3v) is 5.99. The van der Waals surface area contributed by atoms with E-state index in [1.165, 1.54) is 0 Å². The van der Waals surface area contributed by atoms with E-state index in [1.807, 2.05) is 0 Å². The SMILES string of the molecule is O=C(Nc1cc(F)c(F)c(F)c1)c1ccc(F)c(S(=O)(=O)NC2CCC(O)C2)c1. The Morgan fingerprint density at radius 2 is 1.66 bits per heavy atom. The van der Waals surface area contributed by atoms with E-state index in [0.29, 0.717) is 25.0 Å². The molecule has 6 nitrogen and oxygen atoms in total. The first-order chi connectivity index (χ1) is 13.6. The quantitative estimate of drug-likeness (QED) is 0.500. The number of benzene rings is 2. The summed E-state index contributed by atoms with van der Waals surface area (Å²) in [5.74, 6) is -6.84. The summed E-state index contributed by atoms with van der Waals surface area (Å²) in [6.45, 7) is 0. The lowest BCUT2D eigenvalue weighted by molar-refractivity contribution is 0.102. The van der Waals surface area contributed by atoms with Gasteiger partial charge in [0.2, 0.25) is 10.0 Å². The first-order valence-corrected chi connectivity index (χ1v) is 10.0. The van der Waals surface area contributed by atoms with Gasteiger partial charge in [-0.2, -0.15) is 0 Å². The smallest absolute Gasteiger partial charge is 0.255 e. The van der Waals surface area contributed by atoms with Gasteiger partial charge in [0.1, 0.15) is 10.7 Å². The Morgan fingerprint density at radius 3 is 2.24 bits per heavy atom. The van der Waals surface area contributed by atoms with Gasteiger partial charge in [-0.05, 0) is 37.5 Å². The third-order valence-electron chi connectivity index (χ3n) is 4.45. The van der Waals surface area contributed by atoms with Crippen molar-refractivity contribution < 1.29 is 35.9 Å². The molecule has 0 aliphatic heterocycles. The maximum Gasteiger partial charge on any atom is 0.255 e. The largest absolute Gasteiger partial charge is 0.393 e. The number of amides is 1. The van der Waals surface area contributed by atoms with Crippen LogP contribution in [0.1, 0.15) is 29.6 Å². The summed E-state index contributed by atoms with van der Waals surface area (Å²) in [4.78, 5) is 11.5. The summed E-state index contributed by atoms with van der Waals surface area (Å²) < 4.78 is 80.9. The van der Waals surface area contributed by atoms with Crippen molar-refractivity contribution >= 4 is 21.6 Å². The van der Waals surface area contributed by atoms with Crippen molar-refractivity contribution in [1.29, 1.82) is 0 Å². The summed E-state index contributed by atoms with van der Waals surface area (Å²) in [5, 5.41) is 11.6. The number of sulfonamides is 1. The topological polar surface area (TPSA) is 95.5 Å². The molecule has 0 spiro atoms. The number of carbonyl (C=O) groups is 1. The van der Waals surface area contributed by atoms with Crippen molar-refractivity contribution in [2.75, 3.05) is 5.32 Å². The Balaban J connectivity index is 1.83. The average Bonchev–Trinajstić information content (AvgIpc) is 3.03. The molecule has 2 unspecified atom stereocenters. The maximum absolute atomic E-state index is 14.1.